The second-order valence-corrected chi connectivity index (χ2v) is 6.49. The van der Waals surface area contributed by atoms with Crippen LogP contribution in [-0.4, -0.2) is 45.9 Å². The fraction of sp³-hybridized carbons (Fsp3) is 0.286. The maximum atomic E-state index is 11.2. The molecule has 1 atom stereocenters. The molecular formula is C14H15BN4O6S. The van der Waals surface area contributed by atoms with E-state index in [1.807, 2.05) is 0 Å². The Morgan fingerprint density at radius 3 is 2.92 bits per heavy atom. The van der Waals surface area contributed by atoms with E-state index in [0.29, 0.717) is 16.8 Å². The topological polar surface area (TPSA) is 157 Å². The zero-order chi connectivity index (χ0) is 18.8. The third-order valence-corrected chi connectivity index (χ3v) is 4.39. The molecule has 136 valence electrons. The molecule has 1 unspecified atom stereocenters. The van der Waals surface area contributed by atoms with Crippen LogP contribution in [0.25, 0.3) is 0 Å². The van der Waals surface area contributed by atoms with Crippen molar-refractivity contribution in [2.24, 2.45) is 5.73 Å². The van der Waals surface area contributed by atoms with Crippen molar-refractivity contribution in [3.05, 3.63) is 23.3 Å². The first-order valence-corrected chi connectivity index (χ1v) is 8.40. The fourth-order valence-corrected chi connectivity index (χ4v) is 3.30. The average Bonchev–Trinajstić information content (AvgIpc) is 3.12. The van der Waals surface area contributed by atoms with Gasteiger partial charge in [0.2, 0.25) is 11.0 Å². The van der Waals surface area contributed by atoms with Crippen LogP contribution in [0, 0.1) is 6.92 Å². The number of anilines is 1. The van der Waals surface area contributed by atoms with E-state index >= 15 is 0 Å². The smallest absolute Gasteiger partial charge is 0.481 e. The average molecular weight is 378 g/mol. The van der Waals surface area contributed by atoms with E-state index in [4.69, 9.17) is 20.2 Å². The SMILES string of the molecule is Cc1cc(Oc2nnc(NC(=O)CN)s2)cc2c1C(CC(=O)O)OB2O. The van der Waals surface area contributed by atoms with Gasteiger partial charge >= 0.3 is 18.3 Å². The van der Waals surface area contributed by atoms with Crippen LogP contribution in [0.15, 0.2) is 12.1 Å². The van der Waals surface area contributed by atoms with Gasteiger partial charge in [-0.05, 0) is 47.0 Å². The minimum absolute atomic E-state index is 0.171. The quantitative estimate of drug-likeness (QED) is 0.498. The number of carboxylic acids is 1. The van der Waals surface area contributed by atoms with E-state index in [0.717, 1.165) is 16.9 Å². The van der Waals surface area contributed by atoms with Gasteiger partial charge in [0.05, 0.1) is 19.1 Å². The molecule has 0 saturated carbocycles. The number of carbonyl (C=O) groups excluding carboxylic acids is 1. The van der Waals surface area contributed by atoms with E-state index in [2.05, 4.69) is 15.5 Å². The Labute approximate surface area is 152 Å². The summed E-state index contributed by atoms with van der Waals surface area (Å²) in [7, 11) is -1.23. The molecule has 26 heavy (non-hydrogen) atoms. The second kappa shape index (κ2) is 7.37. The van der Waals surface area contributed by atoms with Gasteiger partial charge in [0.15, 0.2) is 0 Å². The standard InChI is InChI=1S/C14H15BN4O6S/c1-6-2-7(24-14-19-18-13(26-14)17-10(20)5-16)3-8-12(6)9(4-11(21)22)25-15(8)23/h2-3,9,23H,4-5,16H2,1H3,(H,21,22)(H,17,18,20). The molecule has 0 spiro atoms. The number of carboxylic acid groups (broad SMARTS) is 1. The molecule has 5 N–H and O–H groups in total. The number of amides is 1. The maximum Gasteiger partial charge on any atom is 0.492 e. The number of nitrogens with zero attached hydrogens (tertiary/aromatic N) is 2. The Hall–Kier alpha value is -2.54. The van der Waals surface area contributed by atoms with Gasteiger partial charge < -0.3 is 25.3 Å². The number of rotatable bonds is 6. The highest BCUT2D eigenvalue weighted by molar-refractivity contribution is 7.17. The minimum atomic E-state index is -1.23. The predicted molar refractivity (Wildman–Crippen MR) is 92.5 cm³/mol. The number of ether oxygens (including phenoxy) is 1. The van der Waals surface area contributed by atoms with Gasteiger partial charge in [0.1, 0.15) is 5.75 Å². The molecule has 0 bridgehead atoms. The van der Waals surface area contributed by atoms with Gasteiger partial charge in [-0.3, -0.25) is 14.9 Å². The summed E-state index contributed by atoms with van der Waals surface area (Å²) in [6.07, 6.45) is -0.961. The molecular weight excluding hydrogens is 363 g/mol. The number of hydrogen-bond donors (Lipinski definition) is 4. The van der Waals surface area contributed by atoms with E-state index in [-0.39, 0.29) is 23.3 Å². The predicted octanol–water partition coefficient (Wildman–Crippen LogP) is -0.230. The Kier molecular flexibility index (Phi) is 5.18. The monoisotopic (exact) mass is 378 g/mol. The van der Waals surface area contributed by atoms with Crippen LogP contribution in [0.2, 0.25) is 0 Å². The van der Waals surface area contributed by atoms with Crippen LogP contribution in [0.3, 0.4) is 0 Å². The third kappa shape index (κ3) is 3.83. The lowest BCUT2D eigenvalue weighted by Gasteiger charge is -2.12. The first-order valence-electron chi connectivity index (χ1n) is 7.58. The number of nitrogens with one attached hydrogen (secondary N) is 1. The van der Waals surface area contributed by atoms with Crippen LogP contribution in [0.1, 0.15) is 23.7 Å². The van der Waals surface area contributed by atoms with Crippen molar-refractivity contribution in [2.75, 3.05) is 11.9 Å². The summed E-state index contributed by atoms with van der Waals surface area (Å²) in [5.74, 6) is -1.03. The van der Waals surface area contributed by atoms with Gasteiger partial charge in [0, 0.05) is 0 Å². The van der Waals surface area contributed by atoms with E-state index in [9.17, 15) is 14.6 Å². The summed E-state index contributed by atoms with van der Waals surface area (Å²) in [6.45, 7) is 1.60. The molecule has 1 aliphatic rings. The molecule has 1 aromatic carbocycles. The zero-order valence-electron chi connectivity index (χ0n) is 13.6. The number of aryl methyl sites for hydroxylation is 1. The first-order chi connectivity index (χ1) is 12.4. The Morgan fingerprint density at radius 2 is 2.23 bits per heavy atom. The van der Waals surface area contributed by atoms with Crippen molar-refractivity contribution in [1.29, 1.82) is 0 Å². The lowest BCUT2D eigenvalue weighted by atomic mass is 9.77. The molecule has 12 heteroatoms. The largest absolute Gasteiger partial charge is 0.492 e. The van der Waals surface area contributed by atoms with E-state index < -0.39 is 25.1 Å². The number of benzene rings is 1. The number of fused-ring (bicyclic) bond motifs is 1. The van der Waals surface area contributed by atoms with Crippen molar-refractivity contribution >= 4 is 40.9 Å². The van der Waals surface area contributed by atoms with E-state index in [1.165, 1.54) is 0 Å². The molecule has 3 rings (SSSR count). The normalized spacial score (nSPS) is 15.7. The van der Waals surface area contributed by atoms with E-state index in [1.54, 1.807) is 19.1 Å². The van der Waals surface area contributed by atoms with Crippen molar-refractivity contribution in [3.8, 4) is 10.9 Å². The zero-order valence-corrected chi connectivity index (χ0v) is 14.4. The summed E-state index contributed by atoms with van der Waals surface area (Å²) >= 11 is 1.02. The van der Waals surface area contributed by atoms with Gasteiger partial charge in [0.25, 0.3) is 0 Å². The Morgan fingerprint density at radius 1 is 1.46 bits per heavy atom. The van der Waals surface area contributed by atoms with Gasteiger partial charge in [-0.25, -0.2) is 0 Å². The van der Waals surface area contributed by atoms with Gasteiger partial charge in [-0.15, -0.1) is 5.10 Å². The summed E-state index contributed by atoms with van der Waals surface area (Å²) in [6, 6.07) is 3.25. The highest BCUT2D eigenvalue weighted by Gasteiger charge is 2.38. The fourth-order valence-electron chi connectivity index (χ4n) is 2.67. The summed E-state index contributed by atoms with van der Waals surface area (Å²) in [4.78, 5) is 22.2. The lowest BCUT2D eigenvalue weighted by Crippen LogP contribution is -2.28. The number of aliphatic carboxylic acids is 1. The van der Waals surface area contributed by atoms with Crippen LogP contribution in [0.5, 0.6) is 10.9 Å². The number of aromatic nitrogens is 2. The molecule has 10 nitrogen and oxygen atoms in total. The summed E-state index contributed by atoms with van der Waals surface area (Å²) < 4.78 is 10.9. The van der Waals surface area contributed by atoms with Gasteiger partial charge in [-0.2, -0.15) is 0 Å². The highest BCUT2D eigenvalue weighted by atomic mass is 32.1. The van der Waals surface area contributed by atoms with Crippen LogP contribution < -0.4 is 21.3 Å². The van der Waals surface area contributed by atoms with Crippen LogP contribution in [0.4, 0.5) is 5.13 Å². The summed E-state index contributed by atoms with van der Waals surface area (Å²) in [5, 5.41) is 29.5. The van der Waals surface area contributed by atoms with Crippen molar-refractivity contribution < 1.29 is 29.1 Å². The molecule has 2 aromatic rings. The molecule has 0 saturated heterocycles. The first kappa shape index (κ1) is 18.3. The summed E-state index contributed by atoms with van der Waals surface area (Å²) in [5.41, 5.74) is 7.03. The second-order valence-electron chi connectivity index (χ2n) is 5.55. The Bertz CT molecular complexity index is 860. The molecule has 1 aromatic heterocycles. The molecule has 2 heterocycles. The molecule has 0 radical (unpaired) electrons. The molecule has 1 aliphatic heterocycles. The molecule has 0 aliphatic carbocycles. The van der Waals surface area contributed by atoms with Crippen LogP contribution >= 0.6 is 11.3 Å². The lowest BCUT2D eigenvalue weighted by molar-refractivity contribution is -0.138. The van der Waals surface area contributed by atoms with Crippen molar-refractivity contribution in [2.45, 2.75) is 19.4 Å². The van der Waals surface area contributed by atoms with Crippen molar-refractivity contribution in [3.63, 3.8) is 0 Å². The molecule has 1 amide bonds. The van der Waals surface area contributed by atoms with Gasteiger partial charge in [-0.1, -0.05) is 5.10 Å². The third-order valence-electron chi connectivity index (χ3n) is 3.68. The van der Waals surface area contributed by atoms with Crippen molar-refractivity contribution in [1.82, 2.24) is 10.2 Å². The maximum absolute atomic E-state index is 11.2. The highest BCUT2D eigenvalue weighted by Crippen LogP contribution is 2.34. The minimum Gasteiger partial charge on any atom is -0.481 e. The number of carbonyl (C=O) groups is 2. The Balaban J connectivity index is 1.81. The number of nitrogens with two attached hydrogens (primary N) is 1. The number of hydrogen-bond acceptors (Lipinski definition) is 9. The van der Waals surface area contributed by atoms with Crippen LogP contribution in [-0.2, 0) is 14.2 Å². The molecule has 0 fully saturated rings.